The van der Waals surface area contributed by atoms with Gasteiger partial charge in [0, 0.05) is 10.1 Å². The van der Waals surface area contributed by atoms with Gasteiger partial charge in [0.2, 0.25) is 0 Å². The lowest BCUT2D eigenvalue weighted by Gasteiger charge is -2.10. The van der Waals surface area contributed by atoms with Crippen LogP contribution < -0.4 is 10.1 Å². The second kappa shape index (κ2) is 6.11. The van der Waals surface area contributed by atoms with Crippen LogP contribution in [-0.4, -0.2) is 13.7 Å². The quantitative estimate of drug-likeness (QED) is 0.664. The summed E-state index contributed by atoms with van der Waals surface area (Å²) in [6.45, 7) is 3.20. The Morgan fingerprint density at radius 3 is 2.86 bits per heavy atom. The second-order valence-electron chi connectivity index (χ2n) is 3.12. The van der Waals surface area contributed by atoms with Gasteiger partial charge >= 0.3 is 0 Å². The van der Waals surface area contributed by atoms with Gasteiger partial charge in [-0.25, -0.2) is 0 Å². The van der Waals surface area contributed by atoms with Crippen molar-refractivity contribution in [3.63, 3.8) is 0 Å². The first-order valence-corrected chi connectivity index (χ1v) is 5.93. The number of methoxy groups -OCH3 is 1. The molecule has 14 heavy (non-hydrogen) atoms. The Hall–Kier alpha value is -0.450. The van der Waals surface area contributed by atoms with Crippen molar-refractivity contribution in [1.82, 2.24) is 0 Å². The Bertz CT molecular complexity index is 289. The van der Waals surface area contributed by atoms with Crippen LogP contribution in [0.25, 0.3) is 0 Å². The number of ether oxygens (including phenoxy) is 1. The summed E-state index contributed by atoms with van der Waals surface area (Å²) in [6, 6.07) is 6.15. The zero-order valence-electron chi connectivity index (χ0n) is 8.64. The topological polar surface area (TPSA) is 21.3 Å². The summed E-state index contributed by atoms with van der Waals surface area (Å²) >= 11 is 2.30. The molecule has 0 aromatic heterocycles. The summed E-state index contributed by atoms with van der Waals surface area (Å²) < 4.78 is 6.49. The van der Waals surface area contributed by atoms with Gasteiger partial charge in [-0.1, -0.05) is 13.3 Å². The minimum Gasteiger partial charge on any atom is -0.495 e. The van der Waals surface area contributed by atoms with Crippen molar-refractivity contribution in [2.75, 3.05) is 19.0 Å². The van der Waals surface area contributed by atoms with Gasteiger partial charge in [-0.05, 0) is 47.2 Å². The van der Waals surface area contributed by atoms with E-state index in [1.807, 2.05) is 12.1 Å². The first kappa shape index (κ1) is 11.6. The maximum Gasteiger partial charge on any atom is 0.142 e. The number of nitrogens with one attached hydrogen (secondary N) is 1. The van der Waals surface area contributed by atoms with Crippen molar-refractivity contribution in [1.29, 1.82) is 0 Å². The summed E-state index contributed by atoms with van der Waals surface area (Å²) in [7, 11) is 1.70. The summed E-state index contributed by atoms with van der Waals surface area (Å²) in [5.41, 5.74) is 1.09. The number of benzene rings is 1. The van der Waals surface area contributed by atoms with Gasteiger partial charge in [0.25, 0.3) is 0 Å². The van der Waals surface area contributed by atoms with E-state index >= 15 is 0 Å². The molecule has 1 rings (SSSR count). The highest BCUT2D eigenvalue weighted by atomic mass is 127. The maximum atomic E-state index is 5.27. The Labute approximate surface area is 99.2 Å². The van der Waals surface area contributed by atoms with Crippen LogP contribution >= 0.6 is 22.6 Å². The Morgan fingerprint density at radius 2 is 2.21 bits per heavy atom. The highest BCUT2D eigenvalue weighted by Gasteiger charge is 2.01. The van der Waals surface area contributed by atoms with Crippen molar-refractivity contribution < 1.29 is 4.74 Å². The van der Waals surface area contributed by atoms with Crippen LogP contribution in [-0.2, 0) is 0 Å². The number of rotatable bonds is 5. The Balaban J connectivity index is 2.67. The summed E-state index contributed by atoms with van der Waals surface area (Å²) in [4.78, 5) is 0. The molecule has 78 valence electrons. The summed E-state index contributed by atoms with van der Waals surface area (Å²) in [6.07, 6.45) is 2.40. The lowest BCUT2D eigenvalue weighted by Crippen LogP contribution is -2.02. The Morgan fingerprint density at radius 1 is 1.43 bits per heavy atom. The predicted molar refractivity (Wildman–Crippen MR) is 69.1 cm³/mol. The third-order valence-electron chi connectivity index (χ3n) is 2.01. The molecule has 0 aliphatic carbocycles. The SMILES string of the molecule is CCCCNc1cc(I)ccc1OC. The van der Waals surface area contributed by atoms with Gasteiger partial charge in [0.1, 0.15) is 5.75 Å². The lowest BCUT2D eigenvalue weighted by atomic mass is 10.2. The van der Waals surface area contributed by atoms with E-state index in [1.54, 1.807) is 7.11 Å². The molecular weight excluding hydrogens is 289 g/mol. The van der Waals surface area contributed by atoms with Crippen molar-refractivity contribution in [3.8, 4) is 5.75 Å². The monoisotopic (exact) mass is 305 g/mol. The van der Waals surface area contributed by atoms with Crippen LogP contribution in [0.4, 0.5) is 5.69 Å². The van der Waals surface area contributed by atoms with Gasteiger partial charge in [0.05, 0.1) is 12.8 Å². The van der Waals surface area contributed by atoms with E-state index in [9.17, 15) is 0 Å². The zero-order valence-corrected chi connectivity index (χ0v) is 10.8. The zero-order chi connectivity index (χ0) is 10.4. The largest absolute Gasteiger partial charge is 0.495 e. The molecule has 1 N–H and O–H groups in total. The predicted octanol–water partition coefficient (Wildman–Crippen LogP) is 3.51. The minimum atomic E-state index is 0.918. The highest BCUT2D eigenvalue weighted by Crippen LogP contribution is 2.25. The number of unbranched alkanes of at least 4 members (excludes halogenated alkanes) is 1. The Kier molecular flexibility index (Phi) is 5.07. The molecule has 0 atom stereocenters. The number of halogens is 1. The average molecular weight is 305 g/mol. The number of anilines is 1. The standard InChI is InChI=1S/C11H16INO/c1-3-4-7-13-10-8-9(12)5-6-11(10)14-2/h5-6,8,13H,3-4,7H2,1-2H3. The fraction of sp³-hybridized carbons (Fsp3) is 0.455. The first-order chi connectivity index (χ1) is 6.77. The van der Waals surface area contributed by atoms with Crippen molar-refractivity contribution in [2.45, 2.75) is 19.8 Å². The molecule has 0 bridgehead atoms. The fourth-order valence-electron chi connectivity index (χ4n) is 1.22. The third kappa shape index (κ3) is 3.36. The van der Waals surface area contributed by atoms with Crippen molar-refractivity contribution in [3.05, 3.63) is 21.8 Å². The third-order valence-corrected chi connectivity index (χ3v) is 2.68. The van der Waals surface area contributed by atoms with E-state index in [4.69, 9.17) is 4.74 Å². The molecule has 0 aliphatic rings. The van der Waals surface area contributed by atoms with Gasteiger partial charge in [-0.3, -0.25) is 0 Å². The molecule has 3 heteroatoms. The van der Waals surface area contributed by atoms with Crippen LogP contribution in [0.5, 0.6) is 5.75 Å². The molecule has 0 fully saturated rings. The molecule has 0 radical (unpaired) electrons. The van der Waals surface area contributed by atoms with Gasteiger partial charge in [0.15, 0.2) is 0 Å². The van der Waals surface area contributed by atoms with Crippen LogP contribution in [0, 0.1) is 3.57 Å². The van der Waals surface area contributed by atoms with Crippen molar-refractivity contribution >= 4 is 28.3 Å². The average Bonchev–Trinajstić information content (AvgIpc) is 2.19. The lowest BCUT2D eigenvalue weighted by molar-refractivity contribution is 0.416. The molecule has 0 saturated carbocycles. The van der Waals surface area contributed by atoms with E-state index in [1.165, 1.54) is 16.4 Å². The van der Waals surface area contributed by atoms with E-state index in [0.29, 0.717) is 0 Å². The minimum absolute atomic E-state index is 0.918. The molecule has 2 nitrogen and oxygen atoms in total. The van der Waals surface area contributed by atoms with Gasteiger partial charge in [-0.2, -0.15) is 0 Å². The second-order valence-corrected chi connectivity index (χ2v) is 4.37. The van der Waals surface area contributed by atoms with Crippen LogP contribution in [0.3, 0.4) is 0 Å². The molecular formula is C11H16INO. The summed E-state index contributed by atoms with van der Waals surface area (Å²) in [5.74, 6) is 0.918. The van der Waals surface area contributed by atoms with Crippen LogP contribution in [0.1, 0.15) is 19.8 Å². The molecule has 0 saturated heterocycles. The van der Waals surface area contributed by atoms with E-state index in [2.05, 4.69) is 40.9 Å². The molecule has 0 spiro atoms. The highest BCUT2D eigenvalue weighted by molar-refractivity contribution is 14.1. The van der Waals surface area contributed by atoms with E-state index in [0.717, 1.165) is 18.0 Å². The van der Waals surface area contributed by atoms with Crippen LogP contribution in [0.2, 0.25) is 0 Å². The van der Waals surface area contributed by atoms with E-state index in [-0.39, 0.29) is 0 Å². The molecule has 1 aromatic rings. The number of hydrogen-bond donors (Lipinski definition) is 1. The van der Waals surface area contributed by atoms with Gasteiger partial charge < -0.3 is 10.1 Å². The fourth-order valence-corrected chi connectivity index (χ4v) is 1.71. The normalized spacial score (nSPS) is 9.93. The van der Waals surface area contributed by atoms with Crippen LogP contribution in [0.15, 0.2) is 18.2 Å². The van der Waals surface area contributed by atoms with E-state index < -0.39 is 0 Å². The first-order valence-electron chi connectivity index (χ1n) is 4.85. The molecule has 0 amide bonds. The molecule has 0 unspecified atom stereocenters. The maximum absolute atomic E-state index is 5.27. The van der Waals surface area contributed by atoms with Crippen molar-refractivity contribution in [2.24, 2.45) is 0 Å². The molecule has 0 aliphatic heterocycles. The number of hydrogen-bond acceptors (Lipinski definition) is 2. The van der Waals surface area contributed by atoms with Gasteiger partial charge in [-0.15, -0.1) is 0 Å². The summed E-state index contributed by atoms with van der Waals surface area (Å²) in [5, 5.41) is 3.38. The smallest absolute Gasteiger partial charge is 0.142 e. The molecule has 0 heterocycles. The molecule has 1 aromatic carbocycles.